The standard InChI is InChI=1S/C21H30FN5OS/c1-14(2)23-20(28)16(4)29-21-25-24-19(15(3)26-12-6-5-7-13-26)27(21)18-10-8-17(22)9-11-18/h8-11,14-16H,5-7,12-13H2,1-4H3,(H,23,28)/t15-,16+/m0/s1. The molecule has 0 spiro atoms. The Bertz CT molecular complexity index is 817. The van der Waals surface area contributed by atoms with Crippen LogP contribution in [0.2, 0.25) is 0 Å². The maximum absolute atomic E-state index is 13.5. The van der Waals surface area contributed by atoms with Crippen LogP contribution in [0.25, 0.3) is 5.69 Å². The van der Waals surface area contributed by atoms with Gasteiger partial charge in [0, 0.05) is 11.7 Å². The minimum atomic E-state index is -0.320. The van der Waals surface area contributed by atoms with Gasteiger partial charge in [-0.1, -0.05) is 18.2 Å². The number of hydrogen-bond acceptors (Lipinski definition) is 5. The molecular formula is C21H30FN5OS. The lowest BCUT2D eigenvalue weighted by Gasteiger charge is -2.32. The number of nitrogens with one attached hydrogen (secondary N) is 1. The van der Waals surface area contributed by atoms with E-state index in [4.69, 9.17) is 0 Å². The van der Waals surface area contributed by atoms with Gasteiger partial charge in [0.2, 0.25) is 5.91 Å². The van der Waals surface area contributed by atoms with Crippen LogP contribution in [0.1, 0.15) is 58.8 Å². The molecule has 158 valence electrons. The van der Waals surface area contributed by atoms with E-state index >= 15 is 0 Å². The van der Waals surface area contributed by atoms with E-state index in [-0.39, 0.29) is 29.1 Å². The lowest BCUT2D eigenvalue weighted by Crippen LogP contribution is -2.36. The molecule has 8 heteroatoms. The van der Waals surface area contributed by atoms with Crippen LogP contribution in [-0.2, 0) is 4.79 Å². The third kappa shape index (κ3) is 5.36. The highest BCUT2D eigenvalue weighted by Gasteiger charge is 2.27. The fraction of sp³-hybridized carbons (Fsp3) is 0.571. The number of hydrogen-bond donors (Lipinski definition) is 1. The zero-order valence-corrected chi connectivity index (χ0v) is 18.4. The molecule has 1 aromatic heterocycles. The van der Waals surface area contributed by atoms with Crippen LogP contribution < -0.4 is 5.32 Å². The van der Waals surface area contributed by atoms with Crippen molar-refractivity contribution in [1.29, 1.82) is 0 Å². The van der Waals surface area contributed by atoms with E-state index in [0.717, 1.165) is 24.6 Å². The van der Waals surface area contributed by atoms with Crippen molar-refractivity contribution < 1.29 is 9.18 Å². The smallest absolute Gasteiger partial charge is 0.233 e. The van der Waals surface area contributed by atoms with Gasteiger partial charge in [-0.05, 0) is 77.9 Å². The first kappa shape index (κ1) is 21.8. The largest absolute Gasteiger partial charge is 0.353 e. The van der Waals surface area contributed by atoms with E-state index in [1.165, 1.54) is 43.2 Å². The maximum atomic E-state index is 13.5. The van der Waals surface area contributed by atoms with Gasteiger partial charge in [-0.25, -0.2) is 4.39 Å². The lowest BCUT2D eigenvalue weighted by atomic mass is 10.1. The minimum absolute atomic E-state index is 0.0377. The van der Waals surface area contributed by atoms with E-state index in [9.17, 15) is 9.18 Å². The molecular weight excluding hydrogens is 389 g/mol. The summed E-state index contributed by atoms with van der Waals surface area (Å²) in [6.45, 7) is 9.95. The van der Waals surface area contributed by atoms with Crippen molar-refractivity contribution >= 4 is 17.7 Å². The molecule has 1 N–H and O–H groups in total. The number of nitrogens with zero attached hydrogens (tertiary/aromatic N) is 4. The molecule has 0 radical (unpaired) electrons. The second-order valence-corrected chi connectivity index (χ2v) is 9.16. The van der Waals surface area contributed by atoms with Crippen molar-refractivity contribution in [3.8, 4) is 5.69 Å². The third-order valence-electron chi connectivity index (χ3n) is 5.14. The fourth-order valence-corrected chi connectivity index (χ4v) is 4.43. The third-order valence-corrected chi connectivity index (χ3v) is 6.18. The molecule has 2 heterocycles. The lowest BCUT2D eigenvalue weighted by molar-refractivity contribution is -0.120. The highest BCUT2D eigenvalue weighted by atomic mass is 32.2. The average molecular weight is 420 g/mol. The molecule has 0 unspecified atom stereocenters. The van der Waals surface area contributed by atoms with Crippen molar-refractivity contribution in [2.75, 3.05) is 13.1 Å². The molecule has 1 amide bonds. The van der Waals surface area contributed by atoms with Crippen LogP contribution in [0.15, 0.2) is 29.4 Å². The van der Waals surface area contributed by atoms with Crippen LogP contribution in [0, 0.1) is 5.82 Å². The van der Waals surface area contributed by atoms with E-state index < -0.39 is 0 Å². The minimum Gasteiger partial charge on any atom is -0.353 e. The summed E-state index contributed by atoms with van der Waals surface area (Å²) in [4.78, 5) is 14.8. The van der Waals surface area contributed by atoms with Crippen molar-refractivity contribution in [1.82, 2.24) is 25.0 Å². The van der Waals surface area contributed by atoms with Crippen molar-refractivity contribution in [2.45, 2.75) is 69.4 Å². The summed E-state index contributed by atoms with van der Waals surface area (Å²) in [5.74, 6) is 0.494. The van der Waals surface area contributed by atoms with Gasteiger partial charge in [0.05, 0.1) is 11.3 Å². The Morgan fingerprint density at radius 2 is 1.72 bits per heavy atom. The Hall–Kier alpha value is -1.93. The van der Waals surface area contributed by atoms with Gasteiger partial charge in [-0.15, -0.1) is 10.2 Å². The van der Waals surface area contributed by atoms with Crippen LogP contribution in [0.5, 0.6) is 0 Å². The predicted octanol–water partition coefficient (Wildman–Crippen LogP) is 3.96. The topological polar surface area (TPSA) is 63.1 Å². The zero-order chi connectivity index (χ0) is 21.0. The first-order chi connectivity index (χ1) is 13.9. The van der Waals surface area contributed by atoms with Gasteiger partial charge >= 0.3 is 0 Å². The molecule has 0 bridgehead atoms. The molecule has 1 fully saturated rings. The molecule has 0 aliphatic carbocycles. The number of amides is 1. The van der Waals surface area contributed by atoms with Crippen LogP contribution in [0.4, 0.5) is 4.39 Å². The van der Waals surface area contributed by atoms with Gasteiger partial charge < -0.3 is 5.32 Å². The van der Waals surface area contributed by atoms with Crippen molar-refractivity contribution in [2.24, 2.45) is 0 Å². The number of carbonyl (C=O) groups is 1. The highest BCUT2D eigenvalue weighted by molar-refractivity contribution is 8.00. The molecule has 6 nitrogen and oxygen atoms in total. The normalized spacial score (nSPS) is 17.3. The summed E-state index contributed by atoms with van der Waals surface area (Å²) in [7, 11) is 0. The van der Waals surface area contributed by atoms with E-state index in [2.05, 4.69) is 27.3 Å². The highest BCUT2D eigenvalue weighted by Crippen LogP contribution is 2.31. The Morgan fingerprint density at radius 1 is 1.07 bits per heavy atom. The fourth-order valence-electron chi connectivity index (χ4n) is 3.54. The number of thioether (sulfide) groups is 1. The van der Waals surface area contributed by atoms with Gasteiger partial charge in [-0.2, -0.15) is 0 Å². The first-order valence-electron chi connectivity index (χ1n) is 10.3. The first-order valence-corrected chi connectivity index (χ1v) is 11.2. The maximum Gasteiger partial charge on any atom is 0.233 e. The monoisotopic (exact) mass is 419 g/mol. The average Bonchev–Trinajstić information content (AvgIpc) is 3.11. The summed E-state index contributed by atoms with van der Waals surface area (Å²) in [6.07, 6.45) is 3.63. The molecule has 1 saturated heterocycles. The number of carbonyl (C=O) groups excluding carboxylic acids is 1. The summed E-state index contributed by atoms with van der Waals surface area (Å²) < 4.78 is 15.5. The number of aromatic nitrogens is 3. The molecule has 1 aliphatic heterocycles. The Morgan fingerprint density at radius 3 is 2.34 bits per heavy atom. The van der Waals surface area contributed by atoms with E-state index in [0.29, 0.717) is 5.16 Å². The second kappa shape index (κ2) is 9.71. The molecule has 1 aromatic carbocycles. The summed E-state index contributed by atoms with van der Waals surface area (Å²) in [5.41, 5.74) is 0.800. The molecule has 1 aliphatic rings. The Kier molecular flexibility index (Phi) is 7.29. The number of likely N-dealkylation sites (tertiary alicyclic amines) is 1. The summed E-state index contributed by atoms with van der Waals surface area (Å²) in [6, 6.07) is 6.50. The Labute approximate surface area is 176 Å². The van der Waals surface area contributed by atoms with Gasteiger partial charge in [0.15, 0.2) is 11.0 Å². The molecule has 3 rings (SSSR count). The van der Waals surface area contributed by atoms with Crippen LogP contribution in [-0.4, -0.2) is 50.0 Å². The van der Waals surface area contributed by atoms with E-state index in [1.807, 2.05) is 25.3 Å². The number of piperidine rings is 1. The van der Waals surface area contributed by atoms with Gasteiger partial charge in [-0.3, -0.25) is 14.3 Å². The molecule has 2 atom stereocenters. The number of halogens is 1. The van der Waals surface area contributed by atoms with Crippen molar-refractivity contribution in [3.63, 3.8) is 0 Å². The molecule has 0 saturated carbocycles. The van der Waals surface area contributed by atoms with Crippen LogP contribution >= 0.6 is 11.8 Å². The van der Waals surface area contributed by atoms with Crippen LogP contribution in [0.3, 0.4) is 0 Å². The van der Waals surface area contributed by atoms with E-state index in [1.54, 1.807) is 12.1 Å². The zero-order valence-electron chi connectivity index (χ0n) is 17.6. The second-order valence-electron chi connectivity index (χ2n) is 7.85. The SMILES string of the molecule is CC(C)NC(=O)[C@@H](C)Sc1nnc([C@H](C)N2CCCCC2)n1-c1ccc(F)cc1. The number of rotatable bonds is 7. The Balaban J connectivity index is 1.92. The molecule has 2 aromatic rings. The summed E-state index contributed by atoms with van der Waals surface area (Å²) >= 11 is 1.37. The van der Waals surface area contributed by atoms with Crippen molar-refractivity contribution in [3.05, 3.63) is 35.9 Å². The predicted molar refractivity (Wildman–Crippen MR) is 114 cm³/mol. The number of benzene rings is 1. The van der Waals surface area contributed by atoms with Gasteiger partial charge in [0.25, 0.3) is 0 Å². The summed E-state index contributed by atoms with van der Waals surface area (Å²) in [5, 5.41) is 12.2. The quantitative estimate of drug-likeness (QED) is 0.689. The molecule has 29 heavy (non-hydrogen) atoms. The van der Waals surface area contributed by atoms with Gasteiger partial charge in [0.1, 0.15) is 5.82 Å².